The maximum Gasteiger partial charge on any atom is 0.0145 e. The number of hydrogen-bond acceptors (Lipinski definition) is 1. The first kappa shape index (κ1) is 13.2. The average molecular weight is 257 g/mol. The number of nitrogens with one attached hydrogen (secondary N) is 1. The molecule has 0 radical (unpaired) electrons. The molecule has 3 rings (SSSR count). The van der Waals surface area contributed by atoms with Crippen LogP contribution in [0.2, 0.25) is 0 Å². The number of hydrogen-bond donors (Lipinski definition) is 1. The summed E-state index contributed by atoms with van der Waals surface area (Å²) in [6.45, 7) is 4.76. The molecule has 1 nitrogen and oxygen atoms in total. The van der Waals surface area contributed by atoms with E-state index in [-0.39, 0.29) is 0 Å². The second-order valence-electron chi connectivity index (χ2n) is 6.88. The quantitative estimate of drug-likeness (QED) is 0.845. The van der Waals surface area contributed by atoms with E-state index in [1.807, 2.05) is 0 Å². The van der Waals surface area contributed by atoms with Crippen LogP contribution in [-0.2, 0) is 0 Å². The van der Waals surface area contributed by atoms with Gasteiger partial charge in [-0.05, 0) is 49.5 Å². The summed E-state index contributed by atoms with van der Waals surface area (Å²) in [6.07, 6.45) is 6.98. The molecule has 2 atom stereocenters. The number of rotatable bonds is 4. The van der Waals surface area contributed by atoms with Crippen molar-refractivity contribution in [1.82, 2.24) is 5.32 Å². The van der Waals surface area contributed by atoms with E-state index in [2.05, 4.69) is 49.5 Å². The molecule has 2 fully saturated rings. The lowest BCUT2D eigenvalue weighted by atomic mass is 9.79. The predicted molar refractivity (Wildman–Crippen MR) is 81.3 cm³/mol. The molecule has 0 amide bonds. The summed E-state index contributed by atoms with van der Waals surface area (Å²) in [4.78, 5) is 0. The van der Waals surface area contributed by atoms with Crippen molar-refractivity contribution in [2.75, 3.05) is 0 Å². The fraction of sp³-hybridized carbons (Fsp3) is 0.667. The van der Waals surface area contributed by atoms with Gasteiger partial charge in [-0.1, -0.05) is 44.2 Å². The molecule has 1 aromatic rings. The first-order valence-electron chi connectivity index (χ1n) is 8.05. The Kier molecular flexibility index (Phi) is 3.93. The van der Waals surface area contributed by atoms with Gasteiger partial charge in [-0.3, -0.25) is 0 Å². The van der Waals surface area contributed by atoms with Gasteiger partial charge in [-0.15, -0.1) is 0 Å². The summed E-state index contributed by atoms with van der Waals surface area (Å²) in [5.74, 6) is 2.63. The van der Waals surface area contributed by atoms with Crippen molar-refractivity contribution in [3.8, 4) is 0 Å². The van der Waals surface area contributed by atoms with Crippen molar-refractivity contribution in [1.29, 1.82) is 0 Å². The lowest BCUT2D eigenvalue weighted by Gasteiger charge is -2.31. The Bertz CT molecular complexity index is 389. The van der Waals surface area contributed by atoms with Gasteiger partial charge < -0.3 is 5.32 Å². The second kappa shape index (κ2) is 5.66. The maximum absolute atomic E-state index is 3.90. The Morgan fingerprint density at radius 3 is 2.32 bits per heavy atom. The van der Waals surface area contributed by atoms with Gasteiger partial charge in [0.15, 0.2) is 0 Å². The van der Waals surface area contributed by atoms with E-state index in [1.165, 1.54) is 37.7 Å². The highest BCUT2D eigenvalue weighted by Gasteiger charge is 2.39. The first-order chi connectivity index (χ1) is 9.24. The SMILES string of the molecule is CC(C)C1CCC(NC2CC2c2ccccc2)CC1. The summed E-state index contributed by atoms with van der Waals surface area (Å²) >= 11 is 0. The molecule has 0 heterocycles. The van der Waals surface area contributed by atoms with Crippen LogP contribution in [0.4, 0.5) is 0 Å². The molecule has 0 saturated heterocycles. The van der Waals surface area contributed by atoms with Crippen molar-refractivity contribution in [2.45, 2.75) is 64.0 Å². The molecule has 2 aliphatic rings. The van der Waals surface area contributed by atoms with Gasteiger partial charge in [0, 0.05) is 18.0 Å². The van der Waals surface area contributed by atoms with E-state index in [0.717, 1.165) is 29.8 Å². The van der Waals surface area contributed by atoms with Crippen molar-refractivity contribution in [3.05, 3.63) is 35.9 Å². The van der Waals surface area contributed by atoms with Crippen LogP contribution in [0.15, 0.2) is 30.3 Å². The van der Waals surface area contributed by atoms with E-state index in [0.29, 0.717) is 0 Å². The zero-order chi connectivity index (χ0) is 13.2. The minimum absolute atomic E-state index is 0.753. The molecule has 1 N–H and O–H groups in total. The van der Waals surface area contributed by atoms with Gasteiger partial charge in [0.05, 0.1) is 0 Å². The molecule has 0 aromatic heterocycles. The van der Waals surface area contributed by atoms with Gasteiger partial charge in [-0.2, -0.15) is 0 Å². The van der Waals surface area contributed by atoms with Crippen molar-refractivity contribution in [2.24, 2.45) is 11.8 Å². The third-order valence-electron chi connectivity index (χ3n) is 5.18. The molecule has 2 saturated carbocycles. The Morgan fingerprint density at radius 2 is 1.68 bits per heavy atom. The summed E-state index contributed by atoms with van der Waals surface area (Å²) in [6, 6.07) is 12.5. The van der Waals surface area contributed by atoms with E-state index in [9.17, 15) is 0 Å². The summed E-state index contributed by atoms with van der Waals surface area (Å²) < 4.78 is 0. The molecular formula is C18H27N. The molecule has 19 heavy (non-hydrogen) atoms. The van der Waals surface area contributed by atoms with Crippen LogP contribution in [0.5, 0.6) is 0 Å². The maximum atomic E-state index is 3.90. The van der Waals surface area contributed by atoms with Gasteiger partial charge >= 0.3 is 0 Å². The molecule has 1 heteroatoms. The monoisotopic (exact) mass is 257 g/mol. The molecule has 2 unspecified atom stereocenters. The normalized spacial score (nSPS) is 34.5. The molecule has 104 valence electrons. The summed E-state index contributed by atoms with van der Waals surface area (Å²) in [7, 11) is 0. The smallest absolute Gasteiger partial charge is 0.0145 e. The van der Waals surface area contributed by atoms with E-state index >= 15 is 0 Å². The minimum atomic E-state index is 0.753. The topological polar surface area (TPSA) is 12.0 Å². The largest absolute Gasteiger partial charge is 0.311 e. The Hall–Kier alpha value is -0.820. The fourth-order valence-electron chi connectivity index (χ4n) is 3.70. The second-order valence-corrected chi connectivity index (χ2v) is 6.88. The van der Waals surface area contributed by atoms with Crippen molar-refractivity contribution < 1.29 is 0 Å². The Morgan fingerprint density at radius 1 is 1.00 bits per heavy atom. The third-order valence-corrected chi connectivity index (χ3v) is 5.18. The average Bonchev–Trinajstić information content (AvgIpc) is 3.20. The fourth-order valence-corrected chi connectivity index (χ4v) is 3.70. The van der Waals surface area contributed by atoms with Crippen LogP contribution in [0.25, 0.3) is 0 Å². The predicted octanol–water partition coefficient (Wildman–Crippen LogP) is 4.35. The van der Waals surface area contributed by atoms with Crippen molar-refractivity contribution in [3.63, 3.8) is 0 Å². The lowest BCUT2D eigenvalue weighted by Crippen LogP contribution is -2.36. The molecular weight excluding hydrogens is 230 g/mol. The van der Waals surface area contributed by atoms with E-state index in [1.54, 1.807) is 0 Å². The highest BCUT2D eigenvalue weighted by molar-refractivity contribution is 5.27. The first-order valence-corrected chi connectivity index (χ1v) is 8.05. The third kappa shape index (κ3) is 3.20. The molecule has 0 aliphatic heterocycles. The van der Waals surface area contributed by atoms with Gasteiger partial charge in [0.25, 0.3) is 0 Å². The zero-order valence-corrected chi connectivity index (χ0v) is 12.3. The standard InChI is InChI=1S/C18H27N/c1-13(2)14-8-10-16(11-9-14)19-18-12-17(18)15-6-4-3-5-7-15/h3-7,13-14,16-19H,8-12H2,1-2H3. The highest BCUT2D eigenvalue weighted by Crippen LogP contribution is 2.42. The Balaban J connectivity index is 1.45. The van der Waals surface area contributed by atoms with Gasteiger partial charge in [-0.25, -0.2) is 0 Å². The molecule has 0 bridgehead atoms. The van der Waals surface area contributed by atoms with Crippen LogP contribution in [0, 0.1) is 11.8 Å². The van der Waals surface area contributed by atoms with Crippen LogP contribution >= 0.6 is 0 Å². The van der Waals surface area contributed by atoms with Gasteiger partial charge in [0.1, 0.15) is 0 Å². The van der Waals surface area contributed by atoms with Gasteiger partial charge in [0.2, 0.25) is 0 Å². The van der Waals surface area contributed by atoms with E-state index in [4.69, 9.17) is 0 Å². The zero-order valence-electron chi connectivity index (χ0n) is 12.3. The van der Waals surface area contributed by atoms with Crippen molar-refractivity contribution >= 4 is 0 Å². The Labute approximate surface area is 117 Å². The lowest BCUT2D eigenvalue weighted by molar-refractivity contribution is 0.237. The molecule has 2 aliphatic carbocycles. The minimum Gasteiger partial charge on any atom is -0.311 e. The van der Waals surface area contributed by atoms with Crippen LogP contribution < -0.4 is 5.32 Å². The summed E-state index contributed by atoms with van der Waals surface area (Å²) in [5, 5.41) is 3.90. The van der Waals surface area contributed by atoms with Crippen LogP contribution in [-0.4, -0.2) is 12.1 Å². The number of benzene rings is 1. The van der Waals surface area contributed by atoms with Crippen LogP contribution in [0.1, 0.15) is 57.4 Å². The highest BCUT2D eigenvalue weighted by atomic mass is 15.0. The molecule has 0 spiro atoms. The van der Waals surface area contributed by atoms with Crippen LogP contribution in [0.3, 0.4) is 0 Å². The molecule has 1 aromatic carbocycles. The van der Waals surface area contributed by atoms with E-state index < -0.39 is 0 Å². The summed E-state index contributed by atoms with van der Waals surface area (Å²) in [5.41, 5.74) is 1.52.